The molecule has 5 nitrogen and oxygen atoms in total. The minimum Gasteiger partial charge on any atom is -0.395 e. The second-order valence-corrected chi connectivity index (χ2v) is 8.40. The molecule has 1 saturated carbocycles. The summed E-state index contributed by atoms with van der Waals surface area (Å²) in [5.41, 5.74) is 1.08. The van der Waals surface area contributed by atoms with Crippen molar-refractivity contribution in [3.8, 4) is 11.5 Å². The van der Waals surface area contributed by atoms with Crippen molar-refractivity contribution in [3.05, 3.63) is 59.7 Å². The van der Waals surface area contributed by atoms with Crippen LogP contribution in [0.15, 0.2) is 48.5 Å². The van der Waals surface area contributed by atoms with Crippen LogP contribution in [0.4, 0.5) is 8.78 Å². The predicted molar refractivity (Wildman–Crippen MR) is 104 cm³/mol. The quantitative estimate of drug-likeness (QED) is 0.801. The maximum atomic E-state index is 13.3. The first-order valence-corrected chi connectivity index (χ1v) is 10.3. The molecule has 0 spiro atoms. The van der Waals surface area contributed by atoms with E-state index < -0.39 is 11.7 Å². The fourth-order valence-electron chi connectivity index (χ4n) is 4.49. The molecule has 2 heterocycles. The molecule has 7 heteroatoms. The van der Waals surface area contributed by atoms with Crippen molar-refractivity contribution < 1.29 is 27.8 Å². The smallest absolute Gasteiger partial charge is 0.395 e. The molecule has 2 aromatic carbocycles. The molecular weight excluding hydrogens is 392 g/mol. The van der Waals surface area contributed by atoms with E-state index >= 15 is 0 Å². The normalized spacial score (nSPS) is 28.0. The summed E-state index contributed by atoms with van der Waals surface area (Å²) in [7, 11) is 0. The topological polar surface area (TPSA) is 56.8 Å². The number of hydrogen-bond acceptors (Lipinski definition) is 4. The third-order valence-electron chi connectivity index (χ3n) is 6.16. The number of rotatable bonds is 4. The van der Waals surface area contributed by atoms with Gasteiger partial charge in [0.1, 0.15) is 0 Å². The van der Waals surface area contributed by atoms with Gasteiger partial charge < -0.3 is 19.5 Å². The molecule has 30 heavy (non-hydrogen) atoms. The van der Waals surface area contributed by atoms with Gasteiger partial charge in [-0.25, -0.2) is 0 Å². The lowest BCUT2D eigenvalue weighted by atomic mass is 9.91. The summed E-state index contributed by atoms with van der Waals surface area (Å²) in [4.78, 5) is 13.2. The Bertz CT molecular complexity index is 961. The molecule has 2 aliphatic heterocycles. The molecule has 3 aliphatic rings. The summed E-state index contributed by atoms with van der Waals surface area (Å²) in [5, 5.41) is 3.20. The average Bonchev–Trinajstić information content (AvgIpc) is 3.45. The van der Waals surface area contributed by atoms with Crippen LogP contribution in [-0.2, 0) is 14.9 Å². The molecule has 0 aromatic heterocycles. The molecule has 1 N–H and O–H groups in total. The van der Waals surface area contributed by atoms with Crippen LogP contribution in [-0.4, -0.2) is 24.3 Å². The van der Waals surface area contributed by atoms with Gasteiger partial charge in [-0.15, -0.1) is 8.78 Å². The first-order chi connectivity index (χ1) is 14.3. The maximum absolute atomic E-state index is 13.3. The summed E-state index contributed by atoms with van der Waals surface area (Å²) < 4.78 is 41.8. The number of carbonyl (C=O) groups is 1. The lowest BCUT2D eigenvalue weighted by molar-refractivity contribution is -0.286. The van der Waals surface area contributed by atoms with Crippen LogP contribution in [0.2, 0.25) is 0 Å². The first kappa shape index (κ1) is 19.3. The lowest BCUT2D eigenvalue weighted by Crippen LogP contribution is -2.46. The van der Waals surface area contributed by atoms with Gasteiger partial charge in [0, 0.05) is 6.04 Å². The van der Waals surface area contributed by atoms with Gasteiger partial charge in [0.05, 0.1) is 17.6 Å². The second-order valence-electron chi connectivity index (χ2n) is 8.40. The van der Waals surface area contributed by atoms with Crippen LogP contribution < -0.4 is 14.8 Å². The van der Waals surface area contributed by atoms with E-state index in [1.165, 1.54) is 12.1 Å². The van der Waals surface area contributed by atoms with Crippen molar-refractivity contribution in [3.63, 3.8) is 0 Å². The number of carbonyl (C=O) groups excluding carboxylic acids is 1. The third-order valence-corrected chi connectivity index (χ3v) is 6.16. The SMILES string of the molecule is C[C@H]1C[C@H](NC(=O)C2(c3ccc4c(c3)OC(F)(F)O4)CC2)C[C@@H](c2ccccc2)O1. The highest BCUT2D eigenvalue weighted by Gasteiger charge is 2.53. The van der Waals surface area contributed by atoms with Crippen LogP contribution in [0.3, 0.4) is 0 Å². The van der Waals surface area contributed by atoms with Gasteiger partial charge in [-0.05, 0) is 55.9 Å². The minimum absolute atomic E-state index is 0.0103. The minimum atomic E-state index is -3.66. The molecule has 1 aliphatic carbocycles. The molecule has 0 bridgehead atoms. The van der Waals surface area contributed by atoms with E-state index in [9.17, 15) is 13.6 Å². The van der Waals surface area contributed by atoms with E-state index in [-0.39, 0.29) is 35.7 Å². The Hall–Kier alpha value is -2.67. The van der Waals surface area contributed by atoms with Gasteiger partial charge in [-0.3, -0.25) is 4.79 Å². The molecule has 3 atom stereocenters. The van der Waals surface area contributed by atoms with Gasteiger partial charge in [-0.2, -0.15) is 0 Å². The highest BCUT2D eigenvalue weighted by atomic mass is 19.3. The van der Waals surface area contributed by atoms with E-state index in [4.69, 9.17) is 4.74 Å². The highest BCUT2D eigenvalue weighted by molar-refractivity contribution is 5.91. The molecule has 0 radical (unpaired) electrons. The number of nitrogens with one attached hydrogen (secondary N) is 1. The fourth-order valence-corrected chi connectivity index (χ4v) is 4.49. The standard InChI is InChI=1S/C23H23F2NO4/c1-14-11-17(13-19(28-14)15-5-3-2-4-6-15)26-21(27)22(9-10-22)16-7-8-18-20(12-16)30-23(24,25)29-18/h2-8,12,14,17,19H,9-11,13H2,1H3,(H,26,27)/t14-,17-,19-/m0/s1. The monoisotopic (exact) mass is 415 g/mol. The van der Waals surface area contributed by atoms with Crippen molar-refractivity contribution in [2.75, 3.05) is 0 Å². The summed E-state index contributed by atoms with van der Waals surface area (Å²) in [6.45, 7) is 2.01. The van der Waals surface area contributed by atoms with Crippen LogP contribution >= 0.6 is 0 Å². The average molecular weight is 415 g/mol. The Balaban J connectivity index is 1.31. The van der Waals surface area contributed by atoms with Crippen molar-refractivity contribution in [1.29, 1.82) is 0 Å². The number of ether oxygens (including phenoxy) is 3. The number of benzene rings is 2. The number of amides is 1. The number of alkyl halides is 2. The van der Waals surface area contributed by atoms with E-state index in [1.807, 2.05) is 37.3 Å². The summed E-state index contributed by atoms with van der Waals surface area (Å²) in [5.74, 6) is -0.108. The van der Waals surface area contributed by atoms with Crippen LogP contribution in [0, 0.1) is 0 Å². The lowest BCUT2D eigenvalue weighted by Gasteiger charge is -2.35. The Morgan fingerprint density at radius 2 is 1.77 bits per heavy atom. The van der Waals surface area contributed by atoms with E-state index in [1.54, 1.807) is 6.07 Å². The van der Waals surface area contributed by atoms with E-state index in [2.05, 4.69) is 14.8 Å². The summed E-state index contributed by atoms with van der Waals surface area (Å²) >= 11 is 0. The van der Waals surface area contributed by atoms with Crippen LogP contribution in [0.25, 0.3) is 0 Å². The molecule has 2 aromatic rings. The molecule has 158 valence electrons. The Kier molecular flexibility index (Phi) is 4.47. The van der Waals surface area contributed by atoms with E-state index in [0.29, 0.717) is 24.8 Å². The zero-order valence-corrected chi connectivity index (χ0v) is 16.6. The largest absolute Gasteiger partial charge is 0.586 e. The van der Waals surface area contributed by atoms with Gasteiger partial charge >= 0.3 is 6.29 Å². The molecule has 5 rings (SSSR count). The third kappa shape index (κ3) is 3.51. The van der Waals surface area contributed by atoms with Crippen molar-refractivity contribution >= 4 is 5.91 Å². The maximum Gasteiger partial charge on any atom is 0.586 e. The Morgan fingerprint density at radius 3 is 2.50 bits per heavy atom. The molecule has 2 fully saturated rings. The number of fused-ring (bicyclic) bond motifs is 1. The molecule has 0 unspecified atom stereocenters. The van der Waals surface area contributed by atoms with Crippen molar-refractivity contribution in [2.45, 2.75) is 62.6 Å². The number of halogens is 2. The highest BCUT2D eigenvalue weighted by Crippen LogP contribution is 2.52. The number of hydrogen-bond donors (Lipinski definition) is 1. The molecule has 1 saturated heterocycles. The van der Waals surface area contributed by atoms with Crippen LogP contribution in [0.1, 0.15) is 49.8 Å². The van der Waals surface area contributed by atoms with Crippen molar-refractivity contribution in [1.82, 2.24) is 5.32 Å². The van der Waals surface area contributed by atoms with Gasteiger partial charge in [0.15, 0.2) is 11.5 Å². The second kappa shape index (κ2) is 6.94. The van der Waals surface area contributed by atoms with Gasteiger partial charge in [-0.1, -0.05) is 36.4 Å². The van der Waals surface area contributed by atoms with Crippen molar-refractivity contribution in [2.24, 2.45) is 0 Å². The fraction of sp³-hybridized carbons (Fsp3) is 0.435. The zero-order chi connectivity index (χ0) is 20.9. The van der Waals surface area contributed by atoms with Gasteiger partial charge in [0.25, 0.3) is 0 Å². The Morgan fingerprint density at radius 1 is 1.03 bits per heavy atom. The zero-order valence-electron chi connectivity index (χ0n) is 16.6. The predicted octanol–water partition coefficient (Wildman–Crippen LogP) is 4.46. The first-order valence-electron chi connectivity index (χ1n) is 10.3. The summed E-state index contributed by atoms with van der Waals surface area (Å²) in [6.07, 6.45) is -0.918. The van der Waals surface area contributed by atoms with E-state index in [0.717, 1.165) is 12.0 Å². The Labute approximate surface area is 173 Å². The summed E-state index contributed by atoms with van der Waals surface area (Å²) in [6, 6.07) is 14.6. The molecular formula is C23H23F2NO4. The van der Waals surface area contributed by atoms with Gasteiger partial charge in [0.2, 0.25) is 5.91 Å². The van der Waals surface area contributed by atoms with Crippen LogP contribution in [0.5, 0.6) is 11.5 Å². The molecule has 1 amide bonds.